The van der Waals surface area contributed by atoms with Gasteiger partial charge in [-0.15, -0.1) is 0 Å². The Morgan fingerprint density at radius 1 is 0.720 bits per heavy atom. The average Bonchev–Trinajstić information content (AvgIpc) is 2.70. The highest BCUT2D eigenvalue weighted by molar-refractivity contribution is 5.76. The molecule has 0 bridgehead atoms. The minimum absolute atomic E-state index is 0.0496. The van der Waals surface area contributed by atoms with Crippen LogP contribution in [0.4, 0.5) is 17.1 Å². The van der Waals surface area contributed by atoms with Gasteiger partial charge in [0.15, 0.2) is 0 Å². The molecule has 0 aliphatic heterocycles. The molecule has 0 saturated heterocycles. The van der Waals surface area contributed by atoms with Crippen LogP contribution in [0.15, 0.2) is 72.8 Å². The lowest BCUT2D eigenvalue weighted by Crippen LogP contribution is -2.10. The first-order chi connectivity index (χ1) is 12.2. The van der Waals surface area contributed by atoms with Crippen molar-refractivity contribution in [3.63, 3.8) is 0 Å². The SMILES string of the molecule is CCc1ccc(N(c2ccc(CO)cc2)c2ccc(OC)cc2)cc1. The van der Waals surface area contributed by atoms with E-state index < -0.39 is 0 Å². The zero-order valence-electron chi connectivity index (χ0n) is 14.6. The summed E-state index contributed by atoms with van der Waals surface area (Å²) in [6, 6.07) is 24.6. The summed E-state index contributed by atoms with van der Waals surface area (Å²) in [6.45, 7) is 2.21. The number of aliphatic hydroxyl groups is 1. The van der Waals surface area contributed by atoms with Gasteiger partial charge in [-0.25, -0.2) is 0 Å². The van der Waals surface area contributed by atoms with Crippen LogP contribution < -0.4 is 9.64 Å². The fourth-order valence-corrected chi connectivity index (χ4v) is 2.81. The van der Waals surface area contributed by atoms with Crippen LogP contribution in [0, 0.1) is 0 Å². The molecule has 3 heteroatoms. The molecule has 0 spiro atoms. The van der Waals surface area contributed by atoms with Crippen LogP contribution >= 0.6 is 0 Å². The summed E-state index contributed by atoms with van der Waals surface area (Å²) in [5, 5.41) is 9.29. The predicted octanol–water partition coefficient (Wildman–Crippen LogP) is 5.22. The molecule has 0 aromatic heterocycles. The minimum atomic E-state index is 0.0496. The van der Waals surface area contributed by atoms with Gasteiger partial charge in [0, 0.05) is 17.1 Å². The molecule has 128 valence electrons. The number of aryl methyl sites for hydroxylation is 1. The standard InChI is InChI=1S/C22H23NO2/c1-3-17-4-8-19(9-5-17)23(20-10-6-18(16-24)7-11-20)21-12-14-22(25-2)15-13-21/h4-15,24H,3,16H2,1-2H3. The third kappa shape index (κ3) is 3.83. The largest absolute Gasteiger partial charge is 0.497 e. The molecule has 0 atom stereocenters. The van der Waals surface area contributed by atoms with Gasteiger partial charge >= 0.3 is 0 Å². The van der Waals surface area contributed by atoms with E-state index in [0.29, 0.717) is 0 Å². The van der Waals surface area contributed by atoms with Gasteiger partial charge in [-0.2, -0.15) is 0 Å². The minimum Gasteiger partial charge on any atom is -0.497 e. The van der Waals surface area contributed by atoms with Crippen molar-refractivity contribution in [2.45, 2.75) is 20.0 Å². The highest BCUT2D eigenvalue weighted by atomic mass is 16.5. The number of hydrogen-bond donors (Lipinski definition) is 1. The van der Waals surface area contributed by atoms with Crippen LogP contribution in [0.1, 0.15) is 18.1 Å². The van der Waals surface area contributed by atoms with E-state index >= 15 is 0 Å². The number of benzene rings is 3. The number of aliphatic hydroxyl groups excluding tert-OH is 1. The van der Waals surface area contributed by atoms with Crippen molar-refractivity contribution in [2.24, 2.45) is 0 Å². The van der Waals surface area contributed by atoms with Crippen LogP contribution in [-0.4, -0.2) is 12.2 Å². The van der Waals surface area contributed by atoms with E-state index in [4.69, 9.17) is 4.74 Å². The Labute approximate surface area is 149 Å². The van der Waals surface area contributed by atoms with Crippen LogP contribution in [0.3, 0.4) is 0 Å². The van der Waals surface area contributed by atoms with Crippen molar-refractivity contribution in [1.82, 2.24) is 0 Å². The van der Waals surface area contributed by atoms with Gasteiger partial charge in [-0.05, 0) is 66.1 Å². The number of anilines is 3. The van der Waals surface area contributed by atoms with Crippen LogP contribution in [0.5, 0.6) is 5.75 Å². The van der Waals surface area contributed by atoms with Crippen LogP contribution in [0.2, 0.25) is 0 Å². The van der Waals surface area contributed by atoms with Gasteiger partial charge < -0.3 is 14.7 Å². The van der Waals surface area contributed by atoms with Crippen molar-refractivity contribution in [2.75, 3.05) is 12.0 Å². The molecule has 3 nitrogen and oxygen atoms in total. The Bertz CT molecular complexity index is 680. The summed E-state index contributed by atoms with van der Waals surface area (Å²) < 4.78 is 5.27. The maximum Gasteiger partial charge on any atom is 0.119 e. The summed E-state index contributed by atoms with van der Waals surface area (Å²) in [7, 11) is 1.67. The summed E-state index contributed by atoms with van der Waals surface area (Å²) in [6.07, 6.45) is 1.02. The van der Waals surface area contributed by atoms with E-state index in [-0.39, 0.29) is 6.61 Å². The van der Waals surface area contributed by atoms with Gasteiger partial charge in [0.25, 0.3) is 0 Å². The maximum absolute atomic E-state index is 9.29. The van der Waals surface area contributed by atoms with E-state index in [1.807, 2.05) is 48.5 Å². The molecule has 0 aliphatic carbocycles. The van der Waals surface area contributed by atoms with Gasteiger partial charge in [-0.1, -0.05) is 31.2 Å². The van der Waals surface area contributed by atoms with Crippen molar-refractivity contribution in [3.05, 3.63) is 83.9 Å². The van der Waals surface area contributed by atoms with Gasteiger partial charge in [0.2, 0.25) is 0 Å². The number of methoxy groups -OCH3 is 1. The smallest absolute Gasteiger partial charge is 0.119 e. The Balaban J connectivity index is 2.04. The van der Waals surface area contributed by atoms with Crippen molar-refractivity contribution in [1.29, 1.82) is 0 Å². The summed E-state index contributed by atoms with van der Waals surface area (Å²) >= 11 is 0. The summed E-state index contributed by atoms with van der Waals surface area (Å²) in [5.74, 6) is 0.834. The highest BCUT2D eigenvalue weighted by Gasteiger charge is 2.12. The van der Waals surface area contributed by atoms with E-state index in [0.717, 1.165) is 34.8 Å². The molecular weight excluding hydrogens is 310 g/mol. The van der Waals surface area contributed by atoms with E-state index in [1.54, 1.807) is 7.11 Å². The molecule has 0 saturated carbocycles. The fourth-order valence-electron chi connectivity index (χ4n) is 2.81. The lowest BCUT2D eigenvalue weighted by atomic mass is 10.1. The van der Waals surface area contributed by atoms with Gasteiger partial charge in [-0.3, -0.25) is 0 Å². The normalized spacial score (nSPS) is 10.5. The Kier molecular flexibility index (Phi) is 5.36. The molecule has 25 heavy (non-hydrogen) atoms. The van der Waals surface area contributed by atoms with E-state index in [2.05, 4.69) is 36.1 Å². The maximum atomic E-state index is 9.29. The molecule has 0 heterocycles. The molecule has 3 aromatic carbocycles. The molecule has 3 aromatic rings. The van der Waals surface area contributed by atoms with Crippen molar-refractivity contribution < 1.29 is 9.84 Å². The lowest BCUT2D eigenvalue weighted by molar-refractivity contribution is 0.282. The average molecular weight is 333 g/mol. The Hall–Kier alpha value is -2.78. The number of nitrogens with zero attached hydrogens (tertiary/aromatic N) is 1. The highest BCUT2D eigenvalue weighted by Crippen LogP contribution is 2.35. The molecule has 0 aliphatic rings. The zero-order valence-corrected chi connectivity index (χ0v) is 14.6. The van der Waals surface area contributed by atoms with Crippen molar-refractivity contribution in [3.8, 4) is 5.75 Å². The second-order valence-corrected chi connectivity index (χ2v) is 5.88. The summed E-state index contributed by atoms with van der Waals surface area (Å²) in [5.41, 5.74) is 5.42. The zero-order chi connectivity index (χ0) is 17.6. The second-order valence-electron chi connectivity index (χ2n) is 5.88. The van der Waals surface area contributed by atoms with E-state index in [9.17, 15) is 5.11 Å². The van der Waals surface area contributed by atoms with E-state index in [1.165, 1.54) is 5.56 Å². The summed E-state index contributed by atoms with van der Waals surface area (Å²) in [4.78, 5) is 2.19. The number of rotatable bonds is 6. The van der Waals surface area contributed by atoms with Gasteiger partial charge in [0.05, 0.1) is 13.7 Å². The Morgan fingerprint density at radius 3 is 1.56 bits per heavy atom. The third-order valence-electron chi connectivity index (χ3n) is 4.31. The third-order valence-corrected chi connectivity index (χ3v) is 4.31. The second kappa shape index (κ2) is 7.86. The van der Waals surface area contributed by atoms with Crippen molar-refractivity contribution >= 4 is 17.1 Å². The predicted molar refractivity (Wildman–Crippen MR) is 103 cm³/mol. The molecule has 0 radical (unpaired) electrons. The first-order valence-electron chi connectivity index (χ1n) is 8.48. The Morgan fingerprint density at radius 2 is 1.16 bits per heavy atom. The molecule has 0 amide bonds. The lowest BCUT2D eigenvalue weighted by Gasteiger charge is -2.26. The van der Waals surface area contributed by atoms with Crippen LogP contribution in [-0.2, 0) is 13.0 Å². The molecule has 0 unspecified atom stereocenters. The first-order valence-corrected chi connectivity index (χ1v) is 8.48. The van der Waals surface area contributed by atoms with Crippen LogP contribution in [0.25, 0.3) is 0 Å². The molecule has 0 fully saturated rings. The van der Waals surface area contributed by atoms with Gasteiger partial charge in [0.1, 0.15) is 5.75 Å². The topological polar surface area (TPSA) is 32.7 Å². The molecule has 3 rings (SSSR count). The molecule has 1 N–H and O–H groups in total. The molecular formula is C22H23NO2. The quantitative estimate of drug-likeness (QED) is 0.671. The first kappa shape index (κ1) is 17.1. The fraction of sp³-hybridized carbons (Fsp3) is 0.182. The number of hydrogen-bond acceptors (Lipinski definition) is 3. The number of ether oxygens (including phenoxy) is 1. The monoisotopic (exact) mass is 333 g/mol.